The van der Waals surface area contributed by atoms with Crippen LogP contribution < -0.4 is 0 Å². The van der Waals surface area contributed by atoms with Crippen molar-refractivity contribution >= 4 is 17.5 Å². The second kappa shape index (κ2) is 5.36. The van der Waals surface area contributed by atoms with Gasteiger partial charge in [-0.1, -0.05) is 24.6 Å². The van der Waals surface area contributed by atoms with Crippen molar-refractivity contribution in [2.45, 2.75) is 44.3 Å². The van der Waals surface area contributed by atoms with E-state index in [1.807, 2.05) is 0 Å². The average molecular weight is 222 g/mol. The number of hydrogen-bond acceptors (Lipinski definition) is 2. The minimum atomic E-state index is 0.103. The van der Waals surface area contributed by atoms with E-state index < -0.39 is 0 Å². The van der Waals surface area contributed by atoms with E-state index in [1.165, 1.54) is 16.0 Å². The van der Waals surface area contributed by atoms with Crippen LogP contribution in [0.15, 0.2) is 23.1 Å². The summed E-state index contributed by atoms with van der Waals surface area (Å²) in [6, 6.07) is 6.37. The normalized spacial score (nSPS) is 12.5. The molecule has 1 aromatic rings. The lowest BCUT2D eigenvalue weighted by Crippen LogP contribution is -2.11. The van der Waals surface area contributed by atoms with Gasteiger partial charge in [-0.25, -0.2) is 0 Å². The Labute approximate surface area is 96.3 Å². The molecule has 0 aliphatic carbocycles. The van der Waals surface area contributed by atoms with Crippen LogP contribution in [0, 0.1) is 13.8 Å². The van der Waals surface area contributed by atoms with Gasteiger partial charge in [0.15, 0.2) is 0 Å². The van der Waals surface area contributed by atoms with Gasteiger partial charge in [0, 0.05) is 4.90 Å². The predicted octanol–water partition coefficient (Wildman–Crippen LogP) is 3.76. The molecule has 1 atom stereocenters. The fraction of sp³-hybridized carbons (Fsp3) is 0.462. The molecule has 1 aromatic carbocycles. The summed E-state index contributed by atoms with van der Waals surface area (Å²) >= 11 is 1.68. The molecule has 1 nitrogen and oxygen atoms in total. The number of Topliss-reactive ketones (excluding diaryl/α,β-unsaturated/α-hetero) is 1. The summed E-state index contributed by atoms with van der Waals surface area (Å²) in [4.78, 5) is 12.6. The van der Waals surface area contributed by atoms with Gasteiger partial charge in [-0.05, 0) is 38.8 Å². The summed E-state index contributed by atoms with van der Waals surface area (Å²) in [5.74, 6) is 0.266. The van der Waals surface area contributed by atoms with Gasteiger partial charge < -0.3 is 0 Å². The molecule has 1 unspecified atom stereocenters. The summed E-state index contributed by atoms with van der Waals surface area (Å²) in [5.41, 5.74) is 2.53. The third kappa shape index (κ3) is 3.38. The molecule has 0 heterocycles. The van der Waals surface area contributed by atoms with Gasteiger partial charge in [0.1, 0.15) is 5.78 Å². The number of rotatable bonds is 4. The standard InChI is InChI=1S/C13H18OS/c1-5-12(11(4)14)15-13-7-6-9(2)8-10(13)3/h6-8,12H,5H2,1-4H3. The van der Waals surface area contributed by atoms with Crippen molar-refractivity contribution in [3.8, 4) is 0 Å². The Morgan fingerprint density at radius 3 is 2.53 bits per heavy atom. The molecule has 0 amide bonds. The molecule has 0 bridgehead atoms. The predicted molar refractivity (Wildman–Crippen MR) is 66.5 cm³/mol. The molecule has 82 valence electrons. The number of carbonyl (C=O) groups excluding carboxylic acids is 1. The molecule has 0 aliphatic heterocycles. The fourth-order valence-electron chi connectivity index (χ4n) is 1.54. The van der Waals surface area contributed by atoms with Crippen molar-refractivity contribution in [1.82, 2.24) is 0 Å². The van der Waals surface area contributed by atoms with Crippen molar-refractivity contribution in [3.05, 3.63) is 29.3 Å². The zero-order valence-electron chi connectivity index (χ0n) is 9.83. The van der Waals surface area contributed by atoms with Gasteiger partial charge in [-0.3, -0.25) is 4.79 Å². The second-order valence-electron chi connectivity index (χ2n) is 3.89. The topological polar surface area (TPSA) is 17.1 Å². The van der Waals surface area contributed by atoms with Crippen LogP contribution in [0.2, 0.25) is 0 Å². The lowest BCUT2D eigenvalue weighted by atomic mass is 10.2. The van der Waals surface area contributed by atoms with Crippen LogP contribution in [0.5, 0.6) is 0 Å². The summed E-state index contributed by atoms with van der Waals surface area (Å²) < 4.78 is 0. The quantitative estimate of drug-likeness (QED) is 0.721. The highest BCUT2D eigenvalue weighted by molar-refractivity contribution is 8.00. The molecule has 0 fully saturated rings. The Bertz CT molecular complexity index is 358. The third-order valence-corrected chi connectivity index (χ3v) is 4.09. The molecule has 0 radical (unpaired) electrons. The molecule has 0 aromatic heterocycles. The molecule has 0 N–H and O–H groups in total. The number of thioether (sulfide) groups is 1. The maximum atomic E-state index is 11.3. The fourth-order valence-corrected chi connectivity index (χ4v) is 2.57. The Morgan fingerprint density at radius 2 is 2.07 bits per heavy atom. The molecule has 0 aliphatic rings. The molecule has 0 saturated heterocycles. The number of hydrogen-bond donors (Lipinski definition) is 0. The first-order valence-corrected chi connectivity index (χ1v) is 6.17. The first-order chi connectivity index (χ1) is 7.04. The van der Waals surface area contributed by atoms with Crippen LogP contribution >= 0.6 is 11.8 Å². The number of carbonyl (C=O) groups is 1. The second-order valence-corrected chi connectivity index (χ2v) is 5.14. The zero-order chi connectivity index (χ0) is 11.4. The maximum absolute atomic E-state index is 11.3. The SMILES string of the molecule is CCC(Sc1ccc(C)cc1C)C(C)=O. The van der Waals surface area contributed by atoms with Crippen LogP contribution in [0.3, 0.4) is 0 Å². The van der Waals surface area contributed by atoms with Gasteiger partial charge in [-0.15, -0.1) is 11.8 Å². The first kappa shape index (κ1) is 12.3. The summed E-state index contributed by atoms with van der Waals surface area (Å²) in [6.07, 6.45) is 0.896. The van der Waals surface area contributed by atoms with E-state index in [0.29, 0.717) is 0 Å². The molecule has 1 rings (SSSR count). The Hall–Kier alpha value is -0.760. The van der Waals surface area contributed by atoms with Crippen molar-refractivity contribution < 1.29 is 4.79 Å². The Kier molecular flexibility index (Phi) is 4.40. The number of aryl methyl sites for hydroxylation is 2. The molecule has 2 heteroatoms. The summed E-state index contributed by atoms with van der Waals surface area (Å²) in [7, 11) is 0. The molecule has 0 saturated carbocycles. The first-order valence-electron chi connectivity index (χ1n) is 5.29. The van der Waals surface area contributed by atoms with Crippen LogP contribution in [-0.2, 0) is 4.79 Å². The van der Waals surface area contributed by atoms with Gasteiger partial charge in [0.25, 0.3) is 0 Å². The number of benzene rings is 1. The number of ketones is 1. The lowest BCUT2D eigenvalue weighted by molar-refractivity contribution is -0.116. The van der Waals surface area contributed by atoms with Crippen molar-refractivity contribution in [2.24, 2.45) is 0 Å². The molecular formula is C13H18OS. The van der Waals surface area contributed by atoms with Gasteiger partial charge in [-0.2, -0.15) is 0 Å². The molecule has 15 heavy (non-hydrogen) atoms. The van der Waals surface area contributed by atoms with Gasteiger partial charge >= 0.3 is 0 Å². The Morgan fingerprint density at radius 1 is 1.40 bits per heavy atom. The van der Waals surface area contributed by atoms with E-state index >= 15 is 0 Å². The highest BCUT2D eigenvalue weighted by atomic mass is 32.2. The zero-order valence-corrected chi connectivity index (χ0v) is 10.6. The van der Waals surface area contributed by atoms with E-state index in [9.17, 15) is 4.79 Å². The van der Waals surface area contributed by atoms with Crippen molar-refractivity contribution in [3.63, 3.8) is 0 Å². The van der Waals surface area contributed by atoms with Crippen molar-refractivity contribution in [1.29, 1.82) is 0 Å². The van der Waals surface area contributed by atoms with Crippen molar-refractivity contribution in [2.75, 3.05) is 0 Å². The molecular weight excluding hydrogens is 204 g/mol. The van der Waals surface area contributed by atoms with Gasteiger partial charge in [0.2, 0.25) is 0 Å². The third-order valence-electron chi connectivity index (χ3n) is 2.42. The van der Waals surface area contributed by atoms with E-state index in [0.717, 1.165) is 6.42 Å². The van der Waals surface area contributed by atoms with Crippen LogP contribution in [-0.4, -0.2) is 11.0 Å². The van der Waals surface area contributed by atoms with Crippen LogP contribution in [0.4, 0.5) is 0 Å². The summed E-state index contributed by atoms with van der Waals surface area (Å²) in [5, 5.41) is 0.103. The smallest absolute Gasteiger partial charge is 0.143 e. The van der Waals surface area contributed by atoms with Gasteiger partial charge in [0.05, 0.1) is 5.25 Å². The maximum Gasteiger partial charge on any atom is 0.143 e. The van der Waals surface area contributed by atoms with E-state index in [-0.39, 0.29) is 11.0 Å². The lowest BCUT2D eigenvalue weighted by Gasteiger charge is -2.13. The highest BCUT2D eigenvalue weighted by Gasteiger charge is 2.14. The minimum absolute atomic E-state index is 0.103. The summed E-state index contributed by atoms with van der Waals surface area (Å²) in [6.45, 7) is 7.92. The van der Waals surface area contributed by atoms with E-state index in [4.69, 9.17) is 0 Å². The monoisotopic (exact) mass is 222 g/mol. The average Bonchev–Trinajstić information content (AvgIpc) is 2.16. The minimum Gasteiger partial charge on any atom is -0.299 e. The highest BCUT2D eigenvalue weighted by Crippen LogP contribution is 2.29. The largest absolute Gasteiger partial charge is 0.299 e. The van der Waals surface area contributed by atoms with Crippen LogP contribution in [0.25, 0.3) is 0 Å². The Balaban J connectivity index is 2.84. The van der Waals surface area contributed by atoms with E-state index in [1.54, 1.807) is 18.7 Å². The van der Waals surface area contributed by atoms with E-state index in [2.05, 4.69) is 39.0 Å². The molecule has 0 spiro atoms. The van der Waals surface area contributed by atoms with Crippen LogP contribution in [0.1, 0.15) is 31.4 Å².